The molecule has 0 fully saturated rings. The van der Waals surface area contributed by atoms with Crippen molar-refractivity contribution in [3.05, 3.63) is 12.2 Å². The number of rotatable bonds is 2. The second kappa shape index (κ2) is 4.50. The summed E-state index contributed by atoms with van der Waals surface area (Å²) in [4.78, 5) is 25.7. The summed E-state index contributed by atoms with van der Waals surface area (Å²) in [5, 5.41) is 9.11. The van der Waals surface area contributed by atoms with Gasteiger partial charge < -0.3 is 9.94 Å². The second-order valence-electron chi connectivity index (χ2n) is 2.19. The minimum atomic E-state index is -0.675. The molecule has 0 rings (SSSR count). The van der Waals surface area contributed by atoms with Gasteiger partial charge in [-0.15, -0.1) is 5.06 Å². The van der Waals surface area contributed by atoms with E-state index in [-0.39, 0.29) is 5.57 Å². The smallest absolute Gasteiger partial charge is 0.329 e. The Morgan fingerprint density at radius 1 is 1.50 bits per heavy atom. The maximum atomic E-state index is 11.0. The molecule has 0 aliphatic heterocycles. The first-order valence-corrected chi connectivity index (χ1v) is 3.25. The van der Waals surface area contributed by atoms with E-state index in [1.54, 1.807) is 0 Å². The van der Waals surface area contributed by atoms with Crippen molar-refractivity contribution < 1.29 is 19.5 Å². The molecule has 0 saturated heterocycles. The van der Waals surface area contributed by atoms with Gasteiger partial charge in [0.05, 0.1) is 0 Å². The minimum absolute atomic E-state index is 0.185. The van der Waals surface area contributed by atoms with Gasteiger partial charge in [0, 0.05) is 12.5 Å². The van der Waals surface area contributed by atoms with E-state index in [9.17, 15) is 9.59 Å². The van der Waals surface area contributed by atoms with Crippen molar-refractivity contribution >= 4 is 11.9 Å². The molecule has 0 unspecified atom stereocenters. The zero-order valence-corrected chi connectivity index (χ0v) is 7.03. The van der Waals surface area contributed by atoms with Gasteiger partial charge in [-0.25, -0.2) is 0 Å². The lowest BCUT2D eigenvalue weighted by Gasteiger charge is -2.16. The number of carbonyl (C=O) groups excluding carboxylic acids is 2. The lowest BCUT2D eigenvalue weighted by molar-refractivity contribution is -0.206. The minimum Gasteiger partial charge on any atom is -0.373 e. The summed E-state index contributed by atoms with van der Waals surface area (Å²) in [5.74, 6) is -1.29. The van der Waals surface area contributed by atoms with Crippen LogP contribution in [-0.2, 0) is 14.4 Å². The standard InChI is InChI=1S/C7H11NO4/c1-5(2)7(11)8(4-9)12-6(3)10/h9H,1,4H2,2-3H3. The molecule has 0 aromatic heterocycles. The molecule has 68 valence electrons. The van der Waals surface area contributed by atoms with Gasteiger partial charge in [0.1, 0.15) is 0 Å². The quantitative estimate of drug-likeness (QED) is 0.357. The molecule has 5 heteroatoms. The normalized spacial score (nSPS) is 8.92. The fourth-order valence-electron chi connectivity index (χ4n) is 0.503. The molecule has 0 spiro atoms. The maximum Gasteiger partial charge on any atom is 0.329 e. The highest BCUT2D eigenvalue weighted by molar-refractivity contribution is 5.92. The number of aliphatic hydroxyl groups excluding tert-OH is 1. The molecular weight excluding hydrogens is 162 g/mol. The van der Waals surface area contributed by atoms with Crippen molar-refractivity contribution in [1.29, 1.82) is 0 Å². The molecule has 0 saturated carbocycles. The van der Waals surface area contributed by atoms with E-state index in [0.29, 0.717) is 5.06 Å². The van der Waals surface area contributed by atoms with Crippen LogP contribution in [0.15, 0.2) is 12.2 Å². The summed E-state index contributed by atoms with van der Waals surface area (Å²) in [6.45, 7) is 5.25. The van der Waals surface area contributed by atoms with Crippen molar-refractivity contribution in [3.8, 4) is 0 Å². The molecule has 1 N–H and O–H groups in total. The zero-order chi connectivity index (χ0) is 9.72. The third-order valence-electron chi connectivity index (χ3n) is 0.959. The molecule has 0 aliphatic rings. The molecule has 0 aromatic carbocycles. The average Bonchev–Trinajstić information content (AvgIpc) is 1.98. The van der Waals surface area contributed by atoms with Crippen LogP contribution in [0.4, 0.5) is 0 Å². The Bertz CT molecular complexity index is 211. The van der Waals surface area contributed by atoms with Crippen molar-refractivity contribution in [2.75, 3.05) is 6.73 Å². The van der Waals surface area contributed by atoms with E-state index in [1.807, 2.05) is 0 Å². The number of hydroxylamine groups is 2. The van der Waals surface area contributed by atoms with Crippen LogP contribution in [-0.4, -0.2) is 28.8 Å². The molecule has 0 atom stereocenters. The van der Waals surface area contributed by atoms with Crippen LogP contribution in [0, 0.1) is 0 Å². The van der Waals surface area contributed by atoms with Gasteiger partial charge in [0.15, 0.2) is 6.73 Å². The molecule has 0 bridgehead atoms. The Balaban J connectivity index is 4.24. The molecule has 0 aromatic rings. The average molecular weight is 173 g/mol. The van der Waals surface area contributed by atoms with Crippen LogP contribution in [0.2, 0.25) is 0 Å². The lowest BCUT2D eigenvalue weighted by atomic mass is 10.3. The van der Waals surface area contributed by atoms with Crippen LogP contribution in [0.5, 0.6) is 0 Å². The lowest BCUT2D eigenvalue weighted by Crippen LogP contribution is -2.33. The van der Waals surface area contributed by atoms with Crippen molar-refractivity contribution in [2.24, 2.45) is 0 Å². The van der Waals surface area contributed by atoms with Crippen LogP contribution >= 0.6 is 0 Å². The number of carbonyl (C=O) groups is 2. The third kappa shape index (κ3) is 3.16. The number of nitrogens with zero attached hydrogens (tertiary/aromatic N) is 1. The van der Waals surface area contributed by atoms with E-state index in [0.717, 1.165) is 6.92 Å². The Labute approximate surface area is 70.2 Å². The van der Waals surface area contributed by atoms with Crippen molar-refractivity contribution in [2.45, 2.75) is 13.8 Å². The second-order valence-corrected chi connectivity index (χ2v) is 2.19. The molecular formula is C7H11NO4. The Kier molecular flexibility index (Phi) is 3.99. The number of aliphatic hydroxyl groups is 1. The van der Waals surface area contributed by atoms with E-state index < -0.39 is 18.6 Å². The van der Waals surface area contributed by atoms with E-state index in [2.05, 4.69) is 11.4 Å². The molecule has 5 nitrogen and oxygen atoms in total. The topological polar surface area (TPSA) is 66.8 Å². The highest BCUT2D eigenvalue weighted by Crippen LogP contribution is 1.98. The van der Waals surface area contributed by atoms with E-state index >= 15 is 0 Å². The number of amides is 1. The van der Waals surface area contributed by atoms with Gasteiger partial charge in [-0.2, -0.15) is 0 Å². The van der Waals surface area contributed by atoms with Crippen LogP contribution in [0.3, 0.4) is 0 Å². The molecule has 0 radical (unpaired) electrons. The zero-order valence-electron chi connectivity index (χ0n) is 7.03. The van der Waals surface area contributed by atoms with Crippen molar-refractivity contribution in [1.82, 2.24) is 5.06 Å². The summed E-state index contributed by atoms with van der Waals surface area (Å²) >= 11 is 0. The van der Waals surface area contributed by atoms with Crippen molar-refractivity contribution in [3.63, 3.8) is 0 Å². The van der Waals surface area contributed by atoms with Gasteiger partial charge >= 0.3 is 5.97 Å². The molecule has 1 amide bonds. The highest BCUT2D eigenvalue weighted by Gasteiger charge is 2.15. The fraction of sp³-hybridized carbons (Fsp3) is 0.429. The summed E-state index contributed by atoms with van der Waals surface area (Å²) in [6, 6.07) is 0. The Morgan fingerprint density at radius 3 is 2.25 bits per heavy atom. The predicted molar refractivity (Wildman–Crippen MR) is 40.5 cm³/mol. The number of hydrogen-bond donors (Lipinski definition) is 1. The first-order valence-electron chi connectivity index (χ1n) is 3.25. The largest absolute Gasteiger partial charge is 0.373 e. The van der Waals surface area contributed by atoms with Gasteiger partial charge in [-0.1, -0.05) is 6.58 Å². The summed E-state index contributed by atoms with van der Waals surface area (Å²) in [5.41, 5.74) is 0.185. The predicted octanol–water partition coefficient (Wildman–Crippen LogP) is -0.181. The van der Waals surface area contributed by atoms with Crippen LogP contribution < -0.4 is 0 Å². The molecule has 12 heavy (non-hydrogen) atoms. The monoisotopic (exact) mass is 173 g/mol. The van der Waals surface area contributed by atoms with Crippen LogP contribution in [0.25, 0.3) is 0 Å². The van der Waals surface area contributed by atoms with Gasteiger partial charge in [0.25, 0.3) is 5.91 Å². The van der Waals surface area contributed by atoms with Gasteiger partial charge in [-0.3, -0.25) is 9.59 Å². The van der Waals surface area contributed by atoms with E-state index in [4.69, 9.17) is 5.11 Å². The Morgan fingerprint density at radius 2 is 2.00 bits per heavy atom. The summed E-state index contributed by atoms with van der Waals surface area (Å²) in [7, 11) is 0. The van der Waals surface area contributed by atoms with Gasteiger partial charge in [0.2, 0.25) is 0 Å². The third-order valence-corrected chi connectivity index (χ3v) is 0.959. The maximum absolute atomic E-state index is 11.0. The summed E-state index contributed by atoms with van der Waals surface area (Å²) < 4.78 is 0. The first kappa shape index (κ1) is 10.6. The Hall–Kier alpha value is -1.36. The highest BCUT2D eigenvalue weighted by atomic mass is 16.7. The molecule has 0 heterocycles. The fourth-order valence-corrected chi connectivity index (χ4v) is 0.503. The number of hydrogen-bond acceptors (Lipinski definition) is 4. The SMILES string of the molecule is C=C(C)C(=O)N(CO)OC(C)=O. The first-order chi connectivity index (χ1) is 5.49. The van der Waals surface area contributed by atoms with E-state index in [1.165, 1.54) is 6.92 Å². The van der Waals surface area contributed by atoms with Crippen LogP contribution in [0.1, 0.15) is 13.8 Å². The molecule has 0 aliphatic carbocycles. The summed E-state index contributed by atoms with van der Waals surface area (Å²) in [6.07, 6.45) is 0. The van der Waals surface area contributed by atoms with Gasteiger partial charge in [-0.05, 0) is 6.92 Å².